The molecule has 2 aromatic rings. The van der Waals surface area contributed by atoms with E-state index in [-0.39, 0.29) is 0 Å². The maximum atomic E-state index is 5.97. The molecule has 0 saturated heterocycles. The van der Waals surface area contributed by atoms with E-state index in [0.29, 0.717) is 6.61 Å². The second-order valence-corrected chi connectivity index (χ2v) is 5.60. The summed E-state index contributed by atoms with van der Waals surface area (Å²) in [5.41, 5.74) is 8.50. The first-order valence-electron chi connectivity index (χ1n) is 7.13. The van der Waals surface area contributed by atoms with Crippen molar-refractivity contribution in [3.63, 3.8) is 0 Å². The molecule has 0 atom stereocenters. The van der Waals surface area contributed by atoms with Crippen LogP contribution in [0.25, 0.3) is 10.9 Å². The Morgan fingerprint density at radius 1 is 1.35 bits per heavy atom. The molecule has 1 aromatic carbocycles. The van der Waals surface area contributed by atoms with Gasteiger partial charge in [0.15, 0.2) is 0 Å². The van der Waals surface area contributed by atoms with Gasteiger partial charge in [-0.25, -0.2) is 0 Å². The number of benzene rings is 1. The Morgan fingerprint density at radius 3 is 2.90 bits per heavy atom. The van der Waals surface area contributed by atoms with E-state index < -0.39 is 0 Å². The maximum Gasteiger partial charge on any atom is 0.130 e. The Kier molecular flexibility index (Phi) is 3.49. The Balaban J connectivity index is 1.77. The van der Waals surface area contributed by atoms with Gasteiger partial charge in [0.05, 0.1) is 5.52 Å². The summed E-state index contributed by atoms with van der Waals surface area (Å²) in [6, 6.07) is 8.51. The first-order valence-corrected chi connectivity index (χ1v) is 7.13. The summed E-state index contributed by atoms with van der Waals surface area (Å²) in [6.45, 7) is 3.63. The molecule has 2 N–H and O–H groups in total. The molecule has 4 nitrogen and oxygen atoms in total. The number of rotatable bonds is 5. The fourth-order valence-electron chi connectivity index (χ4n) is 2.46. The molecule has 0 aliphatic heterocycles. The lowest BCUT2D eigenvalue weighted by atomic mass is 10.1. The maximum absolute atomic E-state index is 5.97. The highest BCUT2D eigenvalue weighted by Crippen LogP contribution is 2.28. The van der Waals surface area contributed by atoms with E-state index >= 15 is 0 Å². The van der Waals surface area contributed by atoms with Crippen LogP contribution in [-0.2, 0) is 0 Å². The van der Waals surface area contributed by atoms with Crippen molar-refractivity contribution in [3.05, 3.63) is 30.0 Å². The molecule has 0 radical (unpaired) electrons. The number of aryl methyl sites for hydroxylation is 1. The highest BCUT2D eigenvalue weighted by Gasteiger charge is 2.25. The Morgan fingerprint density at radius 2 is 2.15 bits per heavy atom. The average Bonchev–Trinajstić information content (AvgIpc) is 3.23. The number of nitrogen functional groups attached to an aromatic ring is 1. The van der Waals surface area contributed by atoms with Crippen LogP contribution < -0.4 is 10.5 Å². The van der Waals surface area contributed by atoms with Crippen molar-refractivity contribution in [3.8, 4) is 5.75 Å². The SMILES string of the molecule is Cc1cc(OCCN(C)C2CC2)c2cc(N)ccc2n1. The Bertz CT molecular complexity index is 622. The van der Waals surface area contributed by atoms with Crippen molar-refractivity contribution in [1.29, 1.82) is 0 Å². The van der Waals surface area contributed by atoms with Gasteiger partial charge >= 0.3 is 0 Å². The molecule has 1 aromatic heterocycles. The van der Waals surface area contributed by atoms with Gasteiger partial charge in [-0.3, -0.25) is 4.98 Å². The number of aromatic nitrogens is 1. The van der Waals surface area contributed by atoms with Gasteiger partial charge in [-0.1, -0.05) is 0 Å². The van der Waals surface area contributed by atoms with E-state index in [1.807, 2.05) is 31.2 Å². The van der Waals surface area contributed by atoms with Crippen LogP contribution in [0, 0.1) is 6.92 Å². The number of fused-ring (bicyclic) bond motifs is 1. The van der Waals surface area contributed by atoms with E-state index in [4.69, 9.17) is 10.5 Å². The normalized spacial score (nSPS) is 14.9. The molecule has 106 valence electrons. The number of likely N-dealkylation sites (N-methyl/N-ethyl adjacent to an activating group) is 1. The smallest absolute Gasteiger partial charge is 0.130 e. The summed E-state index contributed by atoms with van der Waals surface area (Å²) in [6.07, 6.45) is 2.65. The standard InChI is InChI=1S/C16H21N3O/c1-11-9-16(20-8-7-19(2)13-4-5-13)14-10-12(17)3-6-15(14)18-11/h3,6,9-10,13H,4-5,7-8,17H2,1-2H3. The molecule has 1 saturated carbocycles. The van der Waals surface area contributed by atoms with Crippen molar-refractivity contribution in [2.75, 3.05) is 25.9 Å². The fraction of sp³-hybridized carbons (Fsp3) is 0.438. The van der Waals surface area contributed by atoms with E-state index in [9.17, 15) is 0 Å². The lowest BCUT2D eigenvalue weighted by Gasteiger charge is -2.17. The number of anilines is 1. The van der Waals surface area contributed by atoms with Crippen molar-refractivity contribution < 1.29 is 4.74 Å². The summed E-state index contributed by atoms with van der Waals surface area (Å²) >= 11 is 0. The van der Waals surface area contributed by atoms with Gasteiger partial charge in [-0.05, 0) is 45.0 Å². The molecule has 1 aliphatic rings. The zero-order chi connectivity index (χ0) is 14.1. The highest BCUT2D eigenvalue weighted by atomic mass is 16.5. The summed E-state index contributed by atoms with van der Waals surface area (Å²) in [5.74, 6) is 0.879. The minimum Gasteiger partial charge on any atom is -0.491 e. The topological polar surface area (TPSA) is 51.4 Å². The lowest BCUT2D eigenvalue weighted by Crippen LogP contribution is -2.26. The number of ether oxygens (including phenoxy) is 1. The van der Waals surface area contributed by atoms with Gasteiger partial charge in [-0.15, -0.1) is 0 Å². The van der Waals surface area contributed by atoms with Gasteiger partial charge in [0.2, 0.25) is 0 Å². The Hall–Kier alpha value is -1.81. The van der Waals surface area contributed by atoms with Gasteiger partial charge in [-0.2, -0.15) is 0 Å². The van der Waals surface area contributed by atoms with Crippen molar-refractivity contribution in [2.24, 2.45) is 0 Å². The summed E-state index contributed by atoms with van der Waals surface area (Å²) < 4.78 is 5.97. The number of hydrogen-bond acceptors (Lipinski definition) is 4. The molecule has 4 heteroatoms. The summed E-state index contributed by atoms with van der Waals surface area (Å²) in [5, 5.41) is 0.990. The molecule has 0 unspecified atom stereocenters. The first kappa shape index (κ1) is 13.2. The molecule has 1 heterocycles. The molecule has 3 rings (SSSR count). The molecule has 0 spiro atoms. The average molecular weight is 271 g/mol. The van der Waals surface area contributed by atoms with Crippen LogP contribution in [0.5, 0.6) is 5.75 Å². The van der Waals surface area contributed by atoms with Crippen molar-refractivity contribution in [2.45, 2.75) is 25.8 Å². The third-order valence-corrected chi connectivity index (χ3v) is 3.79. The number of nitrogens with two attached hydrogens (primary N) is 1. The zero-order valence-electron chi connectivity index (χ0n) is 12.1. The number of pyridine rings is 1. The van der Waals surface area contributed by atoms with Gasteiger partial charge in [0, 0.05) is 35.4 Å². The van der Waals surface area contributed by atoms with Crippen molar-refractivity contribution >= 4 is 16.6 Å². The van der Waals surface area contributed by atoms with Crippen molar-refractivity contribution in [1.82, 2.24) is 9.88 Å². The van der Waals surface area contributed by atoms with Crippen LogP contribution in [0.15, 0.2) is 24.3 Å². The fourth-order valence-corrected chi connectivity index (χ4v) is 2.46. The van der Waals surface area contributed by atoms with E-state index in [1.54, 1.807) is 0 Å². The lowest BCUT2D eigenvalue weighted by molar-refractivity contribution is 0.233. The summed E-state index contributed by atoms with van der Waals surface area (Å²) in [7, 11) is 2.16. The molecular weight excluding hydrogens is 250 g/mol. The summed E-state index contributed by atoms with van der Waals surface area (Å²) in [4.78, 5) is 6.88. The third kappa shape index (κ3) is 2.85. The van der Waals surface area contributed by atoms with Crippen LogP contribution in [0.4, 0.5) is 5.69 Å². The molecule has 1 aliphatic carbocycles. The third-order valence-electron chi connectivity index (χ3n) is 3.79. The van der Waals surface area contributed by atoms with E-state index in [1.165, 1.54) is 12.8 Å². The van der Waals surface area contributed by atoms with Gasteiger partial charge in [0.25, 0.3) is 0 Å². The largest absolute Gasteiger partial charge is 0.491 e. The molecule has 0 bridgehead atoms. The Labute approximate surface area is 119 Å². The van der Waals surface area contributed by atoms with Crippen LogP contribution in [0.2, 0.25) is 0 Å². The minimum absolute atomic E-state index is 0.695. The predicted molar refractivity (Wildman–Crippen MR) is 82.0 cm³/mol. The first-order chi connectivity index (χ1) is 9.63. The zero-order valence-corrected chi connectivity index (χ0v) is 12.1. The van der Waals surface area contributed by atoms with E-state index in [2.05, 4.69) is 16.9 Å². The monoisotopic (exact) mass is 271 g/mol. The van der Waals surface area contributed by atoms with Gasteiger partial charge in [0.1, 0.15) is 12.4 Å². The van der Waals surface area contributed by atoms with Crippen LogP contribution in [0.3, 0.4) is 0 Å². The van der Waals surface area contributed by atoms with Crippen LogP contribution in [-0.4, -0.2) is 36.1 Å². The van der Waals surface area contributed by atoms with Gasteiger partial charge < -0.3 is 15.4 Å². The predicted octanol–water partition coefficient (Wildman–Crippen LogP) is 2.60. The molecular formula is C16H21N3O. The number of nitrogens with zero attached hydrogens (tertiary/aromatic N) is 2. The molecule has 0 amide bonds. The minimum atomic E-state index is 0.695. The van der Waals surface area contributed by atoms with Crippen LogP contribution >= 0.6 is 0 Å². The second kappa shape index (κ2) is 5.29. The molecule has 20 heavy (non-hydrogen) atoms. The number of hydrogen-bond donors (Lipinski definition) is 1. The second-order valence-electron chi connectivity index (χ2n) is 5.60. The quantitative estimate of drug-likeness (QED) is 0.849. The van der Waals surface area contributed by atoms with Crippen LogP contribution in [0.1, 0.15) is 18.5 Å². The van der Waals surface area contributed by atoms with E-state index in [0.717, 1.165) is 40.6 Å². The highest BCUT2D eigenvalue weighted by molar-refractivity contribution is 5.87. The molecule has 1 fully saturated rings.